The maximum atomic E-state index is 13.2. The third-order valence-electron chi connectivity index (χ3n) is 3.51. The third-order valence-corrected chi connectivity index (χ3v) is 3.51. The van der Waals surface area contributed by atoms with Gasteiger partial charge in [-0.15, -0.1) is 0 Å². The highest BCUT2D eigenvalue weighted by molar-refractivity contribution is 5.85. The number of methoxy groups -OCH3 is 1. The molecule has 0 radical (unpaired) electrons. The van der Waals surface area contributed by atoms with Gasteiger partial charge in [0.2, 0.25) is 0 Å². The van der Waals surface area contributed by atoms with Gasteiger partial charge in [0.15, 0.2) is 6.29 Å². The average molecular weight is 298 g/mol. The van der Waals surface area contributed by atoms with E-state index in [1.54, 1.807) is 30.7 Å². The van der Waals surface area contributed by atoms with Crippen LogP contribution in [-0.4, -0.2) is 22.2 Å². The number of aromatic amines is 1. The van der Waals surface area contributed by atoms with E-state index in [0.29, 0.717) is 5.69 Å². The Morgan fingerprint density at radius 3 is 2.41 bits per heavy atom. The third kappa shape index (κ3) is 2.64. The molecule has 3 aromatic rings. The minimum atomic E-state index is -1.09. The summed E-state index contributed by atoms with van der Waals surface area (Å²) in [4.78, 5) is 7.06. The van der Waals surface area contributed by atoms with Crippen molar-refractivity contribution >= 4 is 0 Å². The number of hydrogen-bond acceptors (Lipinski definition) is 3. The molecule has 1 atom stereocenters. The van der Waals surface area contributed by atoms with Crippen LogP contribution in [0.5, 0.6) is 0 Å². The fourth-order valence-electron chi connectivity index (χ4n) is 2.44. The largest absolute Gasteiger partial charge is 0.363 e. The Morgan fingerprint density at radius 1 is 1.09 bits per heavy atom. The molecule has 0 spiro atoms. The monoisotopic (exact) mass is 298 g/mol. The number of benzene rings is 1. The highest BCUT2D eigenvalue weighted by atomic mass is 19.1. The van der Waals surface area contributed by atoms with Crippen LogP contribution in [0.25, 0.3) is 22.3 Å². The molecule has 0 saturated heterocycles. The lowest BCUT2D eigenvalue weighted by Crippen LogP contribution is -2.01. The lowest BCUT2D eigenvalue weighted by molar-refractivity contribution is -0.0791. The number of aliphatic hydroxyl groups excluding tert-OH is 1. The number of aliphatic hydroxyl groups is 1. The van der Waals surface area contributed by atoms with Gasteiger partial charge in [0.05, 0.1) is 5.69 Å². The number of ether oxygens (including phenoxy) is 1. The predicted octanol–water partition coefficient (Wildman–Crippen LogP) is 3.52. The van der Waals surface area contributed by atoms with E-state index in [0.717, 1.165) is 22.3 Å². The van der Waals surface area contributed by atoms with Gasteiger partial charge >= 0.3 is 0 Å². The van der Waals surface area contributed by atoms with Crippen LogP contribution in [0.4, 0.5) is 4.39 Å². The van der Waals surface area contributed by atoms with Crippen LogP contribution in [0.15, 0.2) is 55.0 Å². The summed E-state index contributed by atoms with van der Waals surface area (Å²) in [6.45, 7) is 0. The first-order valence-corrected chi connectivity index (χ1v) is 6.79. The van der Waals surface area contributed by atoms with Gasteiger partial charge < -0.3 is 14.8 Å². The molecule has 5 heteroatoms. The zero-order valence-electron chi connectivity index (χ0n) is 12.0. The van der Waals surface area contributed by atoms with E-state index in [-0.39, 0.29) is 5.82 Å². The first-order chi connectivity index (χ1) is 10.7. The topological polar surface area (TPSA) is 58.1 Å². The number of hydrogen-bond donors (Lipinski definition) is 2. The lowest BCUT2D eigenvalue weighted by Gasteiger charge is -2.12. The molecular weight excluding hydrogens is 283 g/mol. The second-order valence-electron chi connectivity index (χ2n) is 4.82. The van der Waals surface area contributed by atoms with E-state index in [4.69, 9.17) is 4.74 Å². The molecule has 3 rings (SSSR count). The van der Waals surface area contributed by atoms with Crippen molar-refractivity contribution in [2.24, 2.45) is 0 Å². The van der Waals surface area contributed by atoms with Crippen molar-refractivity contribution in [2.75, 3.05) is 7.11 Å². The van der Waals surface area contributed by atoms with Crippen LogP contribution >= 0.6 is 0 Å². The Morgan fingerprint density at radius 2 is 1.77 bits per heavy atom. The van der Waals surface area contributed by atoms with Gasteiger partial charge in [-0.25, -0.2) is 4.39 Å². The Balaban J connectivity index is 2.19. The standard InChI is InChI=1S/C17H15FN2O2/c1-22-17(21)16-15(12-2-4-13(18)5-3-12)14(10-20-16)11-6-8-19-9-7-11/h2-10,17,20-21H,1H3. The normalized spacial score (nSPS) is 12.3. The number of halogens is 1. The minimum Gasteiger partial charge on any atom is -0.363 e. The van der Waals surface area contributed by atoms with E-state index >= 15 is 0 Å². The van der Waals surface area contributed by atoms with E-state index in [1.165, 1.54) is 19.2 Å². The molecule has 0 amide bonds. The quantitative estimate of drug-likeness (QED) is 0.725. The molecule has 0 aliphatic heterocycles. The van der Waals surface area contributed by atoms with Gasteiger partial charge in [0.25, 0.3) is 0 Å². The van der Waals surface area contributed by atoms with Crippen molar-refractivity contribution in [2.45, 2.75) is 6.29 Å². The van der Waals surface area contributed by atoms with Crippen LogP contribution in [0.1, 0.15) is 12.0 Å². The highest BCUT2D eigenvalue weighted by Crippen LogP contribution is 2.37. The summed E-state index contributed by atoms with van der Waals surface area (Å²) in [6.07, 6.45) is 4.11. The summed E-state index contributed by atoms with van der Waals surface area (Å²) in [6, 6.07) is 9.88. The molecule has 0 bridgehead atoms. The van der Waals surface area contributed by atoms with Gasteiger partial charge in [-0.2, -0.15) is 0 Å². The van der Waals surface area contributed by atoms with Gasteiger partial charge in [0, 0.05) is 36.8 Å². The fraction of sp³-hybridized carbons (Fsp3) is 0.118. The number of nitrogens with one attached hydrogen (secondary N) is 1. The van der Waals surface area contributed by atoms with Crippen molar-refractivity contribution in [3.8, 4) is 22.3 Å². The predicted molar refractivity (Wildman–Crippen MR) is 81.4 cm³/mol. The Bertz CT molecular complexity index is 754. The molecule has 112 valence electrons. The Hall–Kier alpha value is -2.50. The van der Waals surface area contributed by atoms with Crippen molar-refractivity contribution in [3.05, 3.63) is 66.5 Å². The second-order valence-corrected chi connectivity index (χ2v) is 4.82. The van der Waals surface area contributed by atoms with Gasteiger partial charge in [-0.3, -0.25) is 4.98 Å². The van der Waals surface area contributed by atoms with Crippen LogP contribution in [0.2, 0.25) is 0 Å². The average Bonchev–Trinajstić information content (AvgIpc) is 3.00. The second kappa shape index (κ2) is 6.09. The first-order valence-electron chi connectivity index (χ1n) is 6.79. The lowest BCUT2D eigenvalue weighted by atomic mass is 9.97. The molecule has 2 aromatic heterocycles. The van der Waals surface area contributed by atoms with Gasteiger partial charge in [-0.1, -0.05) is 12.1 Å². The summed E-state index contributed by atoms with van der Waals surface area (Å²) in [5, 5.41) is 10.0. The maximum absolute atomic E-state index is 13.2. The van der Waals surface area contributed by atoms with Crippen molar-refractivity contribution in [1.29, 1.82) is 0 Å². The van der Waals surface area contributed by atoms with Crippen molar-refractivity contribution < 1.29 is 14.2 Å². The van der Waals surface area contributed by atoms with E-state index in [2.05, 4.69) is 9.97 Å². The minimum absolute atomic E-state index is 0.307. The molecular formula is C17H15FN2O2. The van der Waals surface area contributed by atoms with Crippen LogP contribution in [0.3, 0.4) is 0 Å². The number of pyridine rings is 1. The Kier molecular flexibility index (Phi) is 4.00. The molecule has 2 N–H and O–H groups in total. The number of H-pyrrole nitrogens is 1. The van der Waals surface area contributed by atoms with Crippen LogP contribution < -0.4 is 0 Å². The highest BCUT2D eigenvalue weighted by Gasteiger charge is 2.20. The summed E-state index contributed by atoms with van der Waals surface area (Å²) in [5.41, 5.74) is 3.93. The fourth-order valence-corrected chi connectivity index (χ4v) is 2.44. The van der Waals surface area contributed by atoms with Gasteiger partial charge in [-0.05, 0) is 35.4 Å². The Labute approximate surface area is 127 Å². The summed E-state index contributed by atoms with van der Waals surface area (Å²) in [5.74, 6) is -0.307. The number of rotatable bonds is 4. The van der Waals surface area contributed by atoms with Crippen LogP contribution in [0, 0.1) is 5.82 Å². The number of nitrogens with zero attached hydrogens (tertiary/aromatic N) is 1. The molecule has 0 aliphatic carbocycles. The summed E-state index contributed by atoms with van der Waals surface area (Å²) >= 11 is 0. The van der Waals surface area contributed by atoms with Crippen LogP contribution in [-0.2, 0) is 4.74 Å². The van der Waals surface area contributed by atoms with Crippen molar-refractivity contribution in [1.82, 2.24) is 9.97 Å². The van der Waals surface area contributed by atoms with E-state index in [9.17, 15) is 9.50 Å². The smallest absolute Gasteiger partial charge is 0.196 e. The van der Waals surface area contributed by atoms with E-state index in [1.807, 2.05) is 12.1 Å². The molecule has 2 heterocycles. The molecule has 1 unspecified atom stereocenters. The van der Waals surface area contributed by atoms with Crippen molar-refractivity contribution in [3.63, 3.8) is 0 Å². The molecule has 4 nitrogen and oxygen atoms in total. The number of aromatic nitrogens is 2. The molecule has 0 aliphatic rings. The SMILES string of the molecule is COC(O)c1[nH]cc(-c2ccncc2)c1-c1ccc(F)cc1. The molecule has 1 aromatic carbocycles. The molecule has 0 saturated carbocycles. The van der Waals surface area contributed by atoms with E-state index < -0.39 is 6.29 Å². The first kappa shape index (κ1) is 14.4. The summed E-state index contributed by atoms with van der Waals surface area (Å²) < 4.78 is 18.2. The maximum Gasteiger partial charge on any atom is 0.196 e. The zero-order chi connectivity index (χ0) is 15.5. The molecule has 22 heavy (non-hydrogen) atoms. The van der Waals surface area contributed by atoms with Gasteiger partial charge in [0.1, 0.15) is 5.82 Å². The molecule has 0 fully saturated rings. The zero-order valence-corrected chi connectivity index (χ0v) is 12.0. The summed E-state index contributed by atoms with van der Waals surface area (Å²) in [7, 11) is 1.42.